The lowest BCUT2D eigenvalue weighted by Gasteiger charge is -2.59. The van der Waals surface area contributed by atoms with Crippen molar-refractivity contribution in [1.29, 1.82) is 0 Å². The third-order valence-corrected chi connectivity index (χ3v) is 7.50. The number of hydrogen-bond donors (Lipinski definition) is 2. The highest BCUT2D eigenvalue weighted by atomic mass is 16.3. The Kier molecular flexibility index (Phi) is 4.76. The number of likely N-dealkylation sites (N-methyl/N-ethyl adjacent to an activating group) is 1. The summed E-state index contributed by atoms with van der Waals surface area (Å²) in [5.74, 6) is 2.03. The standard InChI is InChI=1S/C20H33N3O3/c1-22(2)3-4-23-11-15(10-18(23)24)19(25)21-12-20(26)16-6-13-5-14(8-16)9-17(20)7-13/h13-17,26H,3-12H2,1-2H3,(H,21,25). The Bertz CT molecular complexity index is 549. The van der Waals surface area contributed by atoms with Crippen molar-refractivity contribution in [2.24, 2.45) is 29.6 Å². The highest BCUT2D eigenvalue weighted by Crippen LogP contribution is 2.58. The van der Waals surface area contributed by atoms with Gasteiger partial charge in [-0.1, -0.05) is 0 Å². The Hall–Kier alpha value is -1.14. The van der Waals surface area contributed by atoms with Crippen LogP contribution in [0, 0.1) is 29.6 Å². The Balaban J connectivity index is 1.31. The molecule has 6 heteroatoms. The molecule has 5 fully saturated rings. The van der Waals surface area contributed by atoms with Crippen molar-refractivity contribution in [2.75, 3.05) is 40.3 Å². The summed E-state index contributed by atoms with van der Waals surface area (Å²) in [5, 5.41) is 14.4. The molecule has 1 aliphatic heterocycles. The van der Waals surface area contributed by atoms with Gasteiger partial charge in [-0.15, -0.1) is 0 Å². The second-order valence-corrected chi connectivity index (χ2v) is 9.56. The molecule has 6 nitrogen and oxygen atoms in total. The lowest BCUT2D eigenvalue weighted by Crippen LogP contribution is -2.62. The second-order valence-electron chi connectivity index (χ2n) is 9.56. The van der Waals surface area contributed by atoms with Crippen LogP contribution in [-0.4, -0.2) is 72.6 Å². The molecular weight excluding hydrogens is 330 g/mol. The van der Waals surface area contributed by atoms with Crippen molar-refractivity contribution in [1.82, 2.24) is 15.1 Å². The Labute approximate surface area is 156 Å². The van der Waals surface area contributed by atoms with Crippen LogP contribution >= 0.6 is 0 Å². The number of likely N-dealkylation sites (tertiary alicyclic amines) is 1. The average Bonchev–Trinajstić information content (AvgIpc) is 2.96. The number of nitrogens with one attached hydrogen (secondary N) is 1. The molecule has 1 saturated heterocycles. The van der Waals surface area contributed by atoms with E-state index in [4.69, 9.17) is 0 Å². The minimum Gasteiger partial charge on any atom is -0.387 e. The minimum absolute atomic E-state index is 0.0621. The van der Waals surface area contributed by atoms with Crippen LogP contribution in [0.15, 0.2) is 0 Å². The van der Waals surface area contributed by atoms with Gasteiger partial charge in [0.25, 0.3) is 0 Å². The zero-order chi connectivity index (χ0) is 18.5. The largest absolute Gasteiger partial charge is 0.387 e. The first-order valence-electron chi connectivity index (χ1n) is 10.3. The molecule has 4 aliphatic carbocycles. The summed E-state index contributed by atoms with van der Waals surface area (Å²) in [7, 11) is 3.97. The molecular formula is C20H33N3O3. The van der Waals surface area contributed by atoms with E-state index < -0.39 is 5.60 Å². The van der Waals surface area contributed by atoms with Gasteiger partial charge in [0.05, 0.1) is 11.5 Å². The van der Waals surface area contributed by atoms with E-state index >= 15 is 0 Å². The Morgan fingerprint density at radius 2 is 1.81 bits per heavy atom. The smallest absolute Gasteiger partial charge is 0.225 e. The number of hydrogen-bond acceptors (Lipinski definition) is 4. The lowest BCUT2D eigenvalue weighted by atomic mass is 9.50. The van der Waals surface area contributed by atoms with Crippen LogP contribution in [0.4, 0.5) is 0 Å². The van der Waals surface area contributed by atoms with E-state index in [1.54, 1.807) is 4.90 Å². The summed E-state index contributed by atoms with van der Waals surface area (Å²) >= 11 is 0. The summed E-state index contributed by atoms with van der Waals surface area (Å²) in [6, 6.07) is 0. The van der Waals surface area contributed by atoms with Crippen LogP contribution in [0.1, 0.15) is 38.5 Å². The van der Waals surface area contributed by atoms with Gasteiger partial charge in [-0.3, -0.25) is 9.59 Å². The molecule has 26 heavy (non-hydrogen) atoms. The van der Waals surface area contributed by atoms with Gasteiger partial charge in [-0.05, 0) is 69.9 Å². The fourth-order valence-electron chi connectivity index (χ4n) is 6.15. The number of nitrogens with zero attached hydrogens (tertiary/aromatic N) is 2. The van der Waals surface area contributed by atoms with Crippen molar-refractivity contribution >= 4 is 11.8 Å². The van der Waals surface area contributed by atoms with Crippen LogP contribution in [0.25, 0.3) is 0 Å². The van der Waals surface area contributed by atoms with Gasteiger partial charge < -0.3 is 20.2 Å². The zero-order valence-corrected chi connectivity index (χ0v) is 16.1. The second kappa shape index (κ2) is 6.79. The molecule has 5 rings (SSSR count). The average molecular weight is 364 g/mol. The molecule has 1 atom stereocenters. The van der Waals surface area contributed by atoms with E-state index in [-0.39, 0.29) is 17.7 Å². The Morgan fingerprint density at radius 1 is 1.19 bits per heavy atom. The van der Waals surface area contributed by atoms with E-state index in [1.807, 2.05) is 19.0 Å². The topological polar surface area (TPSA) is 72.9 Å². The number of rotatable bonds is 6. The van der Waals surface area contributed by atoms with Gasteiger partial charge in [-0.25, -0.2) is 0 Å². The SMILES string of the molecule is CN(C)CCN1CC(C(=O)NCC2(O)C3CC4CC(C3)CC2C4)CC1=O. The number of carbonyl (C=O) groups is 2. The van der Waals surface area contributed by atoms with Gasteiger partial charge in [0.1, 0.15) is 0 Å². The lowest BCUT2D eigenvalue weighted by molar-refractivity contribution is -0.171. The first kappa shape index (κ1) is 18.2. The summed E-state index contributed by atoms with van der Waals surface area (Å²) in [6.07, 6.45) is 6.15. The molecule has 2 N–H and O–H groups in total. The van der Waals surface area contributed by atoms with Gasteiger partial charge in [0.2, 0.25) is 11.8 Å². The zero-order valence-electron chi connectivity index (χ0n) is 16.1. The van der Waals surface area contributed by atoms with Crippen molar-refractivity contribution in [2.45, 2.75) is 44.1 Å². The monoisotopic (exact) mass is 363 g/mol. The van der Waals surface area contributed by atoms with Crippen LogP contribution < -0.4 is 5.32 Å². The predicted molar refractivity (Wildman–Crippen MR) is 98.2 cm³/mol. The molecule has 1 heterocycles. The van der Waals surface area contributed by atoms with E-state index in [1.165, 1.54) is 6.42 Å². The quantitative estimate of drug-likeness (QED) is 0.729. The third-order valence-electron chi connectivity index (χ3n) is 7.50. The molecule has 5 aliphatic rings. The third kappa shape index (κ3) is 3.26. The molecule has 0 aromatic heterocycles. The summed E-state index contributed by atoms with van der Waals surface area (Å²) < 4.78 is 0. The van der Waals surface area contributed by atoms with Crippen molar-refractivity contribution < 1.29 is 14.7 Å². The van der Waals surface area contributed by atoms with Gasteiger partial charge >= 0.3 is 0 Å². The molecule has 0 aromatic carbocycles. The molecule has 0 radical (unpaired) electrons. The summed E-state index contributed by atoms with van der Waals surface area (Å²) in [4.78, 5) is 28.6. The predicted octanol–water partition coefficient (Wildman–Crippen LogP) is 0.700. The highest BCUT2D eigenvalue weighted by Gasteiger charge is 2.56. The van der Waals surface area contributed by atoms with Crippen molar-refractivity contribution in [3.05, 3.63) is 0 Å². The fourth-order valence-corrected chi connectivity index (χ4v) is 6.15. The first-order valence-corrected chi connectivity index (χ1v) is 10.3. The van der Waals surface area contributed by atoms with Crippen LogP contribution in [0.5, 0.6) is 0 Å². The number of amides is 2. The maximum absolute atomic E-state index is 12.6. The van der Waals surface area contributed by atoms with E-state index in [9.17, 15) is 14.7 Å². The molecule has 4 saturated carbocycles. The maximum Gasteiger partial charge on any atom is 0.225 e. The van der Waals surface area contributed by atoms with Gasteiger partial charge in [0.15, 0.2) is 0 Å². The Morgan fingerprint density at radius 3 is 2.38 bits per heavy atom. The fraction of sp³-hybridized carbons (Fsp3) is 0.900. The molecule has 146 valence electrons. The van der Waals surface area contributed by atoms with Crippen LogP contribution in [-0.2, 0) is 9.59 Å². The molecule has 0 spiro atoms. The maximum atomic E-state index is 12.6. The van der Waals surface area contributed by atoms with Gasteiger partial charge in [0, 0.05) is 32.6 Å². The van der Waals surface area contributed by atoms with E-state index in [0.29, 0.717) is 37.9 Å². The van der Waals surface area contributed by atoms with Crippen molar-refractivity contribution in [3.8, 4) is 0 Å². The number of aliphatic hydroxyl groups is 1. The van der Waals surface area contributed by atoms with E-state index in [2.05, 4.69) is 5.32 Å². The molecule has 0 aromatic rings. The summed E-state index contributed by atoms with van der Waals surface area (Å²) in [5.41, 5.74) is -0.726. The van der Waals surface area contributed by atoms with Crippen molar-refractivity contribution in [3.63, 3.8) is 0 Å². The van der Waals surface area contributed by atoms with E-state index in [0.717, 1.165) is 44.1 Å². The summed E-state index contributed by atoms with van der Waals surface area (Å²) in [6.45, 7) is 2.36. The number of carbonyl (C=O) groups excluding carboxylic acids is 2. The minimum atomic E-state index is -0.726. The van der Waals surface area contributed by atoms with Crippen LogP contribution in [0.3, 0.4) is 0 Å². The normalized spacial score (nSPS) is 41.3. The molecule has 4 bridgehead atoms. The van der Waals surface area contributed by atoms with Crippen LogP contribution in [0.2, 0.25) is 0 Å². The molecule has 1 unspecified atom stereocenters. The molecule has 2 amide bonds. The highest BCUT2D eigenvalue weighted by molar-refractivity contribution is 5.89. The van der Waals surface area contributed by atoms with Gasteiger partial charge in [-0.2, -0.15) is 0 Å². The first-order chi connectivity index (χ1) is 12.3.